The second-order valence-electron chi connectivity index (χ2n) is 10.6. The molecular formula is C39H25N3O2. The van der Waals surface area contributed by atoms with E-state index in [1.807, 2.05) is 78.9 Å². The summed E-state index contributed by atoms with van der Waals surface area (Å²) in [5.74, 6) is 0.481. The highest BCUT2D eigenvalue weighted by atomic mass is 16.3. The minimum atomic E-state index is 0.0860. The third-order valence-electron chi connectivity index (χ3n) is 8.07. The van der Waals surface area contributed by atoms with Crippen molar-refractivity contribution >= 4 is 62.3 Å². The number of fused-ring (bicyclic) bond motifs is 6. The molecule has 44 heavy (non-hydrogen) atoms. The zero-order chi connectivity index (χ0) is 29.6. The molecule has 0 aliphatic carbocycles. The van der Waals surface area contributed by atoms with Crippen LogP contribution in [0.25, 0.3) is 66.1 Å². The summed E-state index contributed by atoms with van der Waals surface area (Å²) < 4.78 is 12.6. The number of nitrogens with zero attached hydrogens (tertiary/aromatic N) is 2. The number of aliphatic imine (C=N–C) groups is 2. The van der Waals surface area contributed by atoms with Crippen molar-refractivity contribution in [3.05, 3.63) is 145 Å². The Bertz CT molecular complexity index is 2420. The third kappa shape index (κ3) is 4.14. The van der Waals surface area contributed by atoms with Crippen LogP contribution in [0.2, 0.25) is 0 Å². The van der Waals surface area contributed by atoms with Gasteiger partial charge in [0.25, 0.3) is 0 Å². The lowest BCUT2D eigenvalue weighted by Crippen LogP contribution is -2.03. The molecule has 5 heteroatoms. The van der Waals surface area contributed by atoms with Crippen LogP contribution >= 0.6 is 0 Å². The molecule has 0 atom stereocenters. The molecule has 1 N–H and O–H groups in total. The number of nitrogens with one attached hydrogen (secondary N) is 1. The van der Waals surface area contributed by atoms with Crippen LogP contribution in [-0.4, -0.2) is 18.4 Å². The minimum Gasteiger partial charge on any atom is -0.456 e. The molecule has 208 valence electrons. The lowest BCUT2D eigenvalue weighted by molar-refractivity contribution is 0.669. The van der Waals surface area contributed by atoms with Gasteiger partial charge < -0.3 is 8.83 Å². The van der Waals surface area contributed by atoms with Crippen LogP contribution < -0.4 is 0 Å². The maximum absolute atomic E-state index is 9.02. The highest BCUT2D eigenvalue weighted by molar-refractivity contribution is 6.22. The smallest absolute Gasteiger partial charge is 0.161 e. The predicted octanol–water partition coefficient (Wildman–Crippen LogP) is 10.3. The predicted molar refractivity (Wildman–Crippen MR) is 181 cm³/mol. The minimum absolute atomic E-state index is 0.0860. The first-order valence-electron chi connectivity index (χ1n) is 14.3. The molecule has 0 saturated heterocycles. The van der Waals surface area contributed by atoms with E-state index in [0.29, 0.717) is 17.0 Å². The lowest BCUT2D eigenvalue weighted by Gasteiger charge is -2.12. The number of hydrogen-bond donors (Lipinski definition) is 1. The van der Waals surface area contributed by atoms with E-state index in [4.69, 9.17) is 14.2 Å². The third-order valence-corrected chi connectivity index (χ3v) is 8.07. The van der Waals surface area contributed by atoms with Crippen LogP contribution in [0, 0.1) is 5.41 Å². The van der Waals surface area contributed by atoms with Gasteiger partial charge in [0, 0.05) is 38.2 Å². The SMILES string of the molecule is C=NC(=NC(=N)c1cccc2oc3ccc(-c4c(-c5ccccc5)ccc5oc6ccccc6c45)cc3c12)c1ccccc1. The van der Waals surface area contributed by atoms with E-state index in [9.17, 15) is 0 Å². The summed E-state index contributed by atoms with van der Waals surface area (Å²) in [5.41, 5.74) is 8.91. The largest absolute Gasteiger partial charge is 0.456 e. The number of amidine groups is 2. The molecule has 0 spiro atoms. The van der Waals surface area contributed by atoms with E-state index in [2.05, 4.69) is 71.3 Å². The molecule has 2 heterocycles. The van der Waals surface area contributed by atoms with Crippen molar-refractivity contribution in [1.82, 2.24) is 0 Å². The van der Waals surface area contributed by atoms with Gasteiger partial charge in [0.15, 0.2) is 11.7 Å². The number of rotatable bonds is 4. The second-order valence-corrected chi connectivity index (χ2v) is 10.6. The van der Waals surface area contributed by atoms with Crippen molar-refractivity contribution < 1.29 is 8.83 Å². The topological polar surface area (TPSA) is 74.8 Å². The first kappa shape index (κ1) is 25.6. The molecule has 0 fully saturated rings. The van der Waals surface area contributed by atoms with Gasteiger partial charge in [-0.05, 0) is 53.7 Å². The van der Waals surface area contributed by atoms with Crippen molar-refractivity contribution in [2.45, 2.75) is 0 Å². The van der Waals surface area contributed by atoms with Gasteiger partial charge in [0.2, 0.25) is 0 Å². The first-order chi connectivity index (χ1) is 21.7. The molecule has 0 unspecified atom stereocenters. The van der Waals surface area contributed by atoms with Crippen molar-refractivity contribution in [3.63, 3.8) is 0 Å². The first-order valence-corrected chi connectivity index (χ1v) is 14.3. The molecule has 0 aliphatic heterocycles. The standard InChI is InChI=1S/C39H25N3O2/c1-41-39(25-13-6-3-7-14-25)42-38(40)29-16-10-18-33-36(29)30-23-26(19-21-32(30)44-33)35-27(24-11-4-2-5-12-24)20-22-34-37(35)28-15-8-9-17-31(28)43-34/h2-23,40H,1H2. The van der Waals surface area contributed by atoms with Crippen molar-refractivity contribution in [3.8, 4) is 22.3 Å². The zero-order valence-electron chi connectivity index (χ0n) is 23.6. The number of hydrogen-bond acceptors (Lipinski definition) is 3. The molecule has 2 aromatic heterocycles. The molecule has 8 aromatic rings. The van der Waals surface area contributed by atoms with Crippen LogP contribution in [0.4, 0.5) is 0 Å². The quantitative estimate of drug-likeness (QED) is 0.170. The second kappa shape index (κ2) is 10.3. The summed E-state index contributed by atoms with van der Waals surface area (Å²) >= 11 is 0. The molecule has 0 aliphatic rings. The molecular weight excluding hydrogens is 542 g/mol. The number of para-hydroxylation sites is 1. The maximum Gasteiger partial charge on any atom is 0.161 e. The Kier molecular flexibility index (Phi) is 6.02. The van der Waals surface area contributed by atoms with Crippen molar-refractivity contribution in [2.24, 2.45) is 9.98 Å². The van der Waals surface area contributed by atoms with Gasteiger partial charge in [-0.15, -0.1) is 0 Å². The molecule has 8 rings (SSSR count). The van der Waals surface area contributed by atoms with E-state index >= 15 is 0 Å². The summed E-state index contributed by atoms with van der Waals surface area (Å²) in [5, 5.41) is 12.9. The Labute approximate surface area is 252 Å². The number of furan rings is 2. The van der Waals surface area contributed by atoms with Crippen LogP contribution in [0.5, 0.6) is 0 Å². The average molecular weight is 568 g/mol. The van der Waals surface area contributed by atoms with Crippen LogP contribution in [-0.2, 0) is 0 Å². The van der Waals surface area contributed by atoms with Gasteiger partial charge in [0.1, 0.15) is 22.3 Å². The Morgan fingerprint density at radius 1 is 0.568 bits per heavy atom. The Hall–Kier alpha value is -6.07. The summed E-state index contributed by atoms with van der Waals surface area (Å²) in [6.45, 7) is 3.70. The highest BCUT2D eigenvalue weighted by Gasteiger charge is 2.20. The number of benzene rings is 6. The van der Waals surface area contributed by atoms with Crippen LogP contribution in [0.15, 0.2) is 152 Å². The van der Waals surface area contributed by atoms with E-state index < -0.39 is 0 Å². The molecule has 0 radical (unpaired) electrons. The van der Waals surface area contributed by atoms with E-state index in [1.165, 1.54) is 0 Å². The Balaban J connectivity index is 1.38. The lowest BCUT2D eigenvalue weighted by atomic mass is 9.90. The molecule has 0 amide bonds. The summed E-state index contributed by atoms with van der Waals surface area (Å²) in [6, 6.07) is 44.3. The molecule has 0 bridgehead atoms. The Morgan fingerprint density at radius 3 is 2.02 bits per heavy atom. The zero-order valence-corrected chi connectivity index (χ0v) is 23.6. The van der Waals surface area contributed by atoms with Gasteiger partial charge >= 0.3 is 0 Å². The molecule has 0 saturated carbocycles. The molecule has 6 aromatic carbocycles. The summed E-state index contributed by atoms with van der Waals surface area (Å²) in [4.78, 5) is 8.71. The van der Waals surface area contributed by atoms with Gasteiger partial charge in [0.05, 0.1) is 0 Å². The average Bonchev–Trinajstić information content (AvgIpc) is 3.65. The van der Waals surface area contributed by atoms with E-state index in [0.717, 1.165) is 66.1 Å². The fourth-order valence-electron chi connectivity index (χ4n) is 6.10. The van der Waals surface area contributed by atoms with Gasteiger partial charge in [-0.1, -0.05) is 103 Å². The maximum atomic E-state index is 9.02. The summed E-state index contributed by atoms with van der Waals surface area (Å²) in [7, 11) is 0. The van der Waals surface area contributed by atoms with Gasteiger partial charge in [-0.3, -0.25) is 5.41 Å². The van der Waals surface area contributed by atoms with Crippen LogP contribution in [0.1, 0.15) is 11.1 Å². The van der Waals surface area contributed by atoms with Gasteiger partial charge in [-0.25, -0.2) is 9.98 Å². The van der Waals surface area contributed by atoms with Crippen molar-refractivity contribution in [2.75, 3.05) is 0 Å². The summed E-state index contributed by atoms with van der Waals surface area (Å²) in [6.07, 6.45) is 0. The molecule has 5 nitrogen and oxygen atoms in total. The monoisotopic (exact) mass is 567 g/mol. The normalized spacial score (nSPS) is 12.0. The van der Waals surface area contributed by atoms with Gasteiger partial charge in [-0.2, -0.15) is 0 Å². The fourth-order valence-corrected chi connectivity index (χ4v) is 6.10. The Morgan fingerprint density at radius 2 is 1.23 bits per heavy atom. The van der Waals surface area contributed by atoms with E-state index in [1.54, 1.807) is 0 Å². The van der Waals surface area contributed by atoms with Crippen molar-refractivity contribution in [1.29, 1.82) is 5.41 Å². The van der Waals surface area contributed by atoms with E-state index in [-0.39, 0.29) is 5.84 Å². The highest BCUT2D eigenvalue weighted by Crippen LogP contribution is 2.44. The fraction of sp³-hybridized carbons (Fsp3) is 0. The van der Waals surface area contributed by atoms with Crippen LogP contribution in [0.3, 0.4) is 0 Å².